The van der Waals surface area contributed by atoms with Gasteiger partial charge in [0.05, 0.1) is 19.0 Å². The van der Waals surface area contributed by atoms with Gasteiger partial charge < -0.3 is 14.6 Å². The summed E-state index contributed by atoms with van der Waals surface area (Å²) in [5.74, 6) is -0.334. The Morgan fingerprint density at radius 3 is 2.94 bits per heavy atom. The Balaban J connectivity index is 2.30. The van der Waals surface area contributed by atoms with E-state index < -0.39 is 12.1 Å². The number of aliphatic carboxylic acids is 1. The van der Waals surface area contributed by atoms with Crippen LogP contribution in [-0.4, -0.2) is 40.2 Å². The van der Waals surface area contributed by atoms with Crippen LogP contribution in [0.15, 0.2) is 12.4 Å². The van der Waals surface area contributed by atoms with Crippen LogP contribution in [0.5, 0.6) is 5.75 Å². The van der Waals surface area contributed by atoms with Gasteiger partial charge in [0.15, 0.2) is 11.9 Å². The summed E-state index contributed by atoms with van der Waals surface area (Å²) in [6.07, 6.45) is 2.81. The SMILES string of the molecule is CCOC(CCOc1cnn(C)c1)C(=O)O. The van der Waals surface area contributed by atoms with Gasteiger partial charge in [0.2, 0.25) is 0 Å². The zero-order valence-corrected chi connectivity index (χ0v) is 9.42. The third kappa shape index (κ3) is 3.90. The molecule has 0 aliphatic carbocycles. The summed E-state index contributed by atoms with van der Waals surface area (Å²) in [5.41, 5.74) is 0. The Morgan fingerprint density at radius 2 is 2.44 bits per heavy atom. The molecule has 0 aromatic carbocycles. The van der Waals surface area contributed by atoms with Crippen molar-refractivity contribution in [3.63, 3.8) is 0 Å². The second-order valence-electron chi connectivity index (χ2n) is 3.27. The molecule has 0 radical (unpaired) electrons. The van der Waals surface area contributed by atoms with Crippen molar-refractivity contribution in [3.05, 3.63) is 12.4 Å². The summed E-state index contributed by atoms with van der Waals surface area (Å²) in [7, 11) is 1.78. The van der Waals surface area contributed by atoms with Gasteiger partial charge in [-0.15, -0.1) is 0 Å². The molecule has 0 fully saturated rings. The minimum absolute atomic E-state index is 0.294. The Bertz CT molecular complexity index is 337. The fraction of sp³-hybridized carbons (Fsp3) is 0.600. The van der Waals surface area contributed by atoms with Crippen LogP contribution < -0.4 is 4.74 Å². The maximum Gasteiger partial charge on any atom is 0.332 e. The van der Waals surface area contributed by atoms with Crippen LogP contribution in [0.1, 0.15) is 13.3 Å². The largest absolute Gasteiger partial charge is 0.490 e. The highest BCUT2D eigenvalue weighted by Crippen LogP contribution is 2.08. The average Bonchev–Trinajstić information content (AvgIpc) is 2.63. The summed E-state index contributed by atoms with van der Waals surface area (Å²) in [6, 6.07) is 0. The van der Waals surface area contributed by atoms with Gasteiger partial charge in [-0.05, 0) is 6.92 Å². The Hall–Kier alpha value is -1.56. The van der Waals surface area contributed by atoms with Gasteiger partial charge in [-0.25, -0.2) is 4.79 Å². The Kier molecular flexibility index (Phi) is 4.78. The van der Waals surface area contributed by atoms with Crippen molar-refractivity contribution in [2.45, 2.75) is 19.4 Å². The third-order valence-electron chi connectivity index (χ3n) is 1.97. The highest BCUT2D eigenvalue weighted by Gasteiger charge is 2.17. The number of rotatable bonds is 7. The molecule has 0 spiro atoms. The first-order chi connectivity index (χ1) is 7.63. The van der Waals surface area contributed by atoms with Gasteiger partial charge in [-0.3, -0.25) is 4.68 Å². The molecule has 1 unspecified atom stereocenters. The summed E-state index contributed by atoms with van der Waals surface area (Å²) in [5, 5.41) is 12.7. The molecule has 16 heavy (non-hydrogen) atoms. The predicted octanol–water partition coefficient (Wildman–Crippen LogP) is 0.679. The van der Waals surface area contributed by atoms with Crippen molar-refractivity contribution in [1.29, 1.82) is 0 Å². The first kappa shape index (κ1) is 12.5. The zero-order valence-electron chi connectivity index (χ0n) is 9.42. The number of aromatic nitrogens is 2. The average molecular weight is 228 g/mol. The molecule has 1 aromatic heterocycles. The van der Waals surface area contributed by atoms with Crippen molar-refractivity contribution >= 4 is 5.97 Å². The molecule has 90 valence electrons. The van der Waals surface area contributed by atoms with Gasteiger partial charge >= 0.3 is 5.97 Å². The molecule has 0 bridgehead atoms. The highest BCUT2D eigenvalue weighted by atomic mass is 16.5. The predicted molar refractivity (Wildman–Crippen MR) is 56.4 cm³/mol. The number of carboxylic acid groups (broad SMARTS) is 1. The van der Waals surface area contributed by atoms with Crippen LogP contribution in [0.3, 0.4) is 0 Å². The second-order valence-corrected chi connectivity index (χ2v) is 3.27. The Morgan fingerprint density at radius 1 is 1.69 bits per heavy atom. The van der Waals surface area contributed by atoms with Crippen molar-refractivity contribution in [2.75, 3.05) is 13.2 Å². The molecule has 1 heterocycles. The van der Waals surface area contributed by atoms with E-state index >= 15 is 0 Å². The van der Waals surface area contributed by atoms with E-state index in [9.17, 15) is 4.79 Å². The summed E-state index contributed by atoms with van der Waals surface area (Å²) in [4.78, 5) is 10.7. The maximum atomic E-state index is 10.7. The number of carboxylic acids is 1. The van der Waals surface area contributed by atoms with Crippen molar-refractivity contribution in [3.8, 4) is 5.75 Å². The third-order valence-corrected chi connectivity index (χ3v) is 1.97. The number of carbonyl (C=O) groups is 1. The van der Waals surface area contributed by atoms with E-state index in [1.54, 1.807) is 31.0 Å². The molecule has 1 aromatic rings. The molecule has 1 rings (SSSR count). The smallest absolute Gasteiger partial charge is 0.332 e. The molecular formula is C10H16N2O4. The van der Waals surface area contributed by atoms with Gasteiger partial charge in [-0.1, -0.05) is 0 Å². The standard InChI is InChI=1S/C10H16N2O4/c1-3-15-9(10(13)14)4-5-16-8-6-11-12(2)7-8/h6-7,9H,3-5H2,1-2H3,(H,13,14). The van der Waals surface area contributed by atoms with Crippen LogP contribution in [0, 0.1) is 0 Å². The minimum atomic E-state index is -0.961. The van der Waals surface area contributed by atoms with Gasteiger partial charge in [-0.2, -0.15) is 5.10 Å². The highest BCUT2D eigenvalue weighted by molar-refractivity contribution is 5.72. The quantitative estimate of drug-likeness (QED) is 0.742. The molecule has 1 atom stereocenters. The first-order valence-corrected chi connectivity index (χ1v) is 5.09. The molecule has 0 saturated heterocycles. The van der Waals surface area contributed by atoms with Crippen LogP contribution in [0.2, 0.25) is 0 Å². The van der Waals surface area contributed by atoms with Gasteiger partial charge in [0.25, 0.3) is 0 Å². The van der Waals surface area contributed by atoms with Crippen molar-refractivity contribution < 1.29 is 19.4 Å². The van der Waals surface area contributed by atoms with E-state index in [1.807, 2.05) is 0 Å². The molecule has 6 nitrogen and oxygen atoms in total. The van der Waals surface area contributed by atoms with E-state index in [1.165, 1.54) is 0 Å². The lowest BCUT2D eigenvalue weighted by molar-refractivity contribution is -0.150. The van der Waals surface area contributed by atoms with Gasteiger partial charge in [0.1, 0.15) is 0 Å². The summed E-state index contributed by atoms with van der Waals surface area (Å²) >= 11 is 0. The monoisotopic (exact) mass is 228 g/mol. The fourth-order valence-electron chi connectivity index (χ4n) is 1.24. The second kappa shape index (κ2) is 6.12. The van der Waals surface area contributed by atoms with E-state index in [0.717, 1.165) is 0 Å². The first-order valence-electron chi connectivity index (χ1n) is 5.09. The number of hydrogen-bond acceptors (Lipinski definition) is 4. The molecule has 0 saturated carbocycles. The number of hydrogen-bond donors (Lipinski definition) is 1. The topological polar surface area (TPSA) is 73.6 Å². The molecule has 6 heteroatoms. The van der Waals surface area contributed by atoms with Crippen LogP contribution in [-0.2, 0) is 16.6 Å². The summed E-state index contributed by atoms with van der Waals surface area (Å²) < 4.78 is 12.0. The molecule has 0 amide bonds. The zero-order chi connectivity index (χ0) is 12.0. The molecule has 0 aliphatic heterocycles. The van der Waals surface area contributed by atoms with E-state index in [2.05, 4.69) is 5.10 Å². The minimum Gasteiger partial charge on any atom is -0.490 e. The van der Waals surface area contributed by atoms with Crippen LogP contribution in [0.4, 0.5) is 0 Å². The van der Waals surface area contributed by atoms with Crippen molar-refractivity contribution in [1.82, 2.24) is 9.78 Å². The fourth-order valence-corrected chi connectivity index (χ4v) is 1.24. The molecule has 1 N–H and O–H groups in total. The Labute approximate surface area is 93.8 Å². The van der Waals surface area contributed by atoms with E-state index in [0.29, 0.717) is 25.4 Å². The molecular weight excluding hydrogens is 212 g/mol. The van der Waals surface area contributed by atoms with Crippen molar-refractivity contribution in [2.24, 2.45) is 7.05 Å². The number of aryl methyl sites for hydroxylation is 1. The maximum absolute atomic E-state index is 10.7. The lowest BCUT2D eigenvalue weighted by Gasteiger charge is -2.11. The normalized spacial score (nSPS) is 12.4. The lowest BCUT2D eigenvalue weighted by Crippen LogP contribution is -2.26. The number of ether oxygens (including phenoxy) is 2. The van der Waals surface area contributed by atoms with E-state index in [-0.39, 0.29) is 0 Å². The van der Waals surface area contributed by atoms with Crippen LogP contribution in [0.25, 0.3) is 0 Å². The molecule has 0 aliphatic rings. The van der Waals surface area contributed by atoms with Crippen LogP contribution >= 0.6 is 0 Å². The lowest BCUT2D eigenvalue weighted by atomic mass is 10.2. The number of nitrogens with zero attached hydrogens (tertiary/aromatic N) is 2. The van der Waals surface area contributed by atoms with Gasteiger partial charge in [0, 0.05) is 20.1 Å². The van der Waals surface area contributed by atoms with E-state index in [4.69, 9.17) is 14.6 Å². The summed E-state index contributed by atoms with van der Waals surface area (Å²) in [6.45, 7) is 2.43.